The molecule has 146 valence electrons. The van der Waals surface area contributed by atoms with E-state index in [1.807, 2.05) is 12.1 Å². The van der Waals surface area contributed by atoms with Crippen molar-refractivity contribution < 1.29 is 4.39 Å². The minimum atomic E-state index is -0.217. The van der Waals surface area contributed by atoms with Crippen molar-refractivity contribution >= 4 is 51.6 Å². The van der Waals surface area contributed by atoms with Crippen molar-refractivity contribution in [1.29, 1.82) is 0 Å². The van der Waals surface area contributed by atoms with Crippen molar-refractivity contribution in [3.05, 3.63) is 64.4 Å². The molecule has 1 aliphatic heterocycles. The summed E-state index contributed by atoms with van der Waals surface area (Å²) in [6, 6.07) is 15.0. The lowest BCUT2D eigenvalue weighted by molar-refractivity contribution is 0.565. The zero-order valence-corrected chi connectivity index (χ0v) is 19.2. The molecule has 4 nitrogen and oxygen atoms in total. The Hall–Kier alpha value is -1.35. The van der Waals surface area contributed by atoms with Crippen molar-refractivity contribution in [2.75, 3.05) is 31.6 Å². The molecular weight excluding hydrogens is 522 g/mol. The monoisotopic (exact) mass is 546 g/mol. The van der Waals surface area contributed by atoms with Crippen molar-refractivity contribution in [1.82, 2.24) is 10.6 Å². The summed E-state index contributed by atoms with van der Waals surface area (Å²) in [6.45, 7) is 3.52. The molecule has 0 radical (unpaired) electrons. The molecule has 1 atom stereocenters. The first kappa shape index (κ1) is 21.9. The number of nitrogens with zero attached hydrogens (tertiary/aromatic N) is 2. The average Bonchev–Trinajstić information content (AvgIpc) is 3.11. The molecule has 7 heteroatoms. The number of halogens is 3. The highest BCUT2D eigenvalue weighted by molar-refractivity contribution is 14.0. The van der Waals surface area contributed by atoms with E-state index < -0.39 is 0 Å². The summed E-state index contributed by atoms with van der Waals surface area (Å²) in [7, 11) is 1.75. The predicted octanol–water partition coefficient (Wildman–Crippen LogP) is 4.40. The van der Waals surface area contributed by atoms with Gasteiger partial charge in [-0.15, -0.1) is 24.0 Å². The van der Waals surface area contributed by atoms with Gasteiger partial charge in [-0.05, 0) is 48.2 Å². The number of hydrogen-bond acceptors (Lipinski definition) is 2. The molecule has 2 aromatic rings. The third-order valence-electron chi connectivity index (χ3n) is 4.59. The van der Waals surface area contributed by atoms with Gasteiger partial charge < -0.3 is 15.5 Å². The average molecular weight is 547 g/mol. The van der Waals surface area contributed by atoms with Crippen LogP contribution in [0.1, 0.15) is 12.0 Å². The highest BCUT2D eigenvalue weighted by Gasteiger charge is 2.22. The van der Waals surface area contributed by atoms with E-state index in [2.05, 4.69) is 54.7 Å². The third kappa shape index (κ3) is 6.64. The number of guanidine groups is 1. The molecular formula is C20H25BrFIN4. The van der Waals surface area contributed by atoms with Crippen molar-refractivity contribution in [2.24, 2.45) is 10.9 Å². The fourth-order valence-corrected chi connectivity index (χ4v) is 3.59. The maximum Gasteiger partial charge on any atom is 0.191 e. The first-order chi connectivity index (χ1) is 12.6. The number of aliphatic imine (C=N–C) groups is 1. The van der Waals surface area contributed by atoms with Crippen LogP contribution >= 0.6 is 39.9 Å². The van der Waals surface area contributed by atoms with Crippen LogP contribution in [0, 0.1) is 11.7 Å². The Balaban J connectivity index is 0.00000261. The van der Waals surface area contributed by atoms with Gasteiger partial charge in [0, 0.05) is 43.4 Å². The van der Waals surface area contributed by atoms with Gasteiger partial charge in [0.2, 0.25) is 0 Å². The van der Waals surface area contributed by atoms with Crippen LogP contribution in [0.3, 0.4) is 0 Å². The number of rotatable bonds is 5. The van der Waals surface area contributed by atoms with Crippen LogP contribution in [0.4, 0.5) is 10.1 Å². The Kier molecular flexibility index (Phi) is 8.82. The molecule has 0 amide bonds. The van der Waals surface area contributed by atoms with Crippen LogP contribution in [0.2, 0.25) is 0 Å². The molecule has 2 N–H and O–H groups in total. The van der Waals surface area contributed by atoms with Gasteiger partial charge in [-0.2, -0.15) is 0 Å². The molecule has 0 saturated carbocycles. The van der Waals surface area contributed by atoms with Gasteiger partial charge in [0.15, 0.2) is 5.96 Å². The van der Waals surface area contributed by atoms with E-state index in [0.29, 0.717) is 12.5 Å². The summed E-state index contributed by atoms with van der Waals surface area (Å²) >= 11 is 3.54. The van der Waals surface area contributed by atoms with Gasteiger partial charge >= 0.3 is 0 Å². The standard InChI is InChI=1S/C20H24BrFN4.HI/c1-23-20(24-12-15-4-2-6-18(22)10-15)25-13-16-8-9-26(14-16)19-7-3-5-17(21)11-19;/h2-7,10-11,16H,8-9,12-14H2,1H3,(H2,23,24,25);1H. The summed E-state index contributed by atoms with van der Waals surface area (Å²) < 4.78 is 14.4. The summed E-state index contributed by atoms with van der Waals surface area (Å²) in [5.41, 5.74) is 2.16. The van der Waals surface area contributed by atoms with E-state index >= 15 is 0 Å². The zero-order valence-electron chi connectivity index (χ0n) is 15.3. The van der Waals surface area contributed by atoms with Crippen molar-refractivity contribution in [3.63, 3.8) is 0 Å². The lowest BCUT2D eigenvalue weighted by Gasteiger charge is -2.19. The third-order valence-corrected chi connectivity index (χ3v) is 5.08. The van der Waals surface area contributed by atoms with Gasteiger partial charge in [0.05, 0.1) is 0 Å². The second-order valence-electron chi connectivity index (χ2n) is 6.52. The van der Waals surface area contributed by atoms with E-state index in [4.69, 9.17) is 0 Å². The fraction of sp³-hybridized carbons (Fsp3) is 0.350. The van der Waals surface area contributed by atoms with Gasteiger partial charge in [-0.3, -0.25) is 4.99 Å². The van der Waals surface area contributed by atoms with Gasteiger partial charge in [0.25, 0.3) is 0 Å². The van der Waals surface area contributed by atoms with E-state index in [1.54, 1.807) is 13.1 Å². The minimum Gasteiger partial charge on any atom is -0.371 e. The molecule has 2 aromatic carbocycles. The zero-order chi connectivity index (χ0) is 18.4. The number of hydrogen-bond donors (Lipinski definition) is 2. The molecule has 0 aromatic heterocycles. The summed E-state index contributed by atoms with van der Waals surface area (Å²) in [6.07, 6.45) is 1.15. The minimum absolute atomic E-state index is 0. The molecule has 1 unspecified atom stereocenters. The topological polar surface area (TPSA) is 39.7 Å². The molecule has 1 saturated heterocycles. The molecule has 1 heterocycles. The van der Waals surface area contributed by atoms with Crippen molar-refractivity contribution in [2.45, 2.75) is 13.0 Å². The fourth-order valence-electron chi connectivity index (χ4n) is 3.20. The lowest BCUT2D eigenvalue weighted by atomic mass is 10.1. The Morgan fingerprint density at radius 1 is 1.22 bits per heavy atom. The largest absolute Gasteiger partial charge is 0.371 e. The Morgan fingerprint density at radius 3 is 2.78 bits per heavy atom. The SMILES string of the molecule is CN=C(NCc1cccc(F)c1)NCC1CCN(c2cccc(Br)c2)C1.I. The maximum absolute atomic E-state index is 13.2. The second-order valence-corrected chi connectivity index (χ2v) is 7.43. The Bertz CT molecular complexity index is 771. The van der Waals surface area contributed by atoms with Gasteiger partial charge in [-0.25, -0.2) is 4.39 Å². The van der Waals surface area contributed by atoms with E-state index in [1.165, 1.54) is 17.8 Å². The molecule has 0 aliphatic carbocycles. The number of benzene rings is 2. The van der Waals surface area contributed by atoms with Crippen LogP contribution in [-0.4, -0.2) is 32.6 Å². The van der Waals surface area contributed by atoms with Gasteiger partial charge in [0.1, 0.15) is 5.82 Å². The maximum atomic E-state index is 13.2. The summed E-state index contributed by atoms with van der Waals surface area (Å²) in [5.74, 6) is 1.10. The lowest BCUT2D eigenvalue weighted by Crippen LogP contribution is -2.39. The molecule has 3 rings (SSSR count). The normalized spacial score (nSPS) is 16.8. The first-order valence-electron chi connectivity index (χ1n) is 8.83. The molecule has 1 fully saturated rings. The van der Waals surface area contributed by atoms with E-state index in [9.17, 15) is 4.39 Å². The van der Waals surface area contributed by atoms with Crippen molar-refractivity contribution in [3.8, 4) is 0 Å². The molecule has 27 heavy (non-hydrogen) atoms. The number of nitrogens with one attached hydrogen (secondary N) is 2. The van der Waals surface area contributed by atoms with E-state index in [-0.39, 0.29) is 29.8 Å². The second kappa shape index (κ2) is 10.8. The molecule has 0 spiro atoms. The van der Waals surface area contributed by atoms with Crippen LogP contribution in [0.25, 0.3) is 0 Å². The smallest absolute Gasteiger partial charge is 0.191 e. The Labute approximate surface area is 185 Å². The Morgan fingerprint density at radius 2 is 2.04 bits per heavy atom. The quantitative estimate of drug-likeness (QED) is 0.332. The van der Waals surface area contributed by atoms with Crippen LogP contribution in [-0.2, 0) is 6.54 Å². The molecule has 1 aliphatic rings. The molecule has 0 bridgehead atoms. The van der Waals surface area contributed by atoms with Gasteiger partial charge in [-0.1, -0.05) is 34.1 Å². The van der Waals surface area contributed by atoms with Crippen LogP contribution in [0.15, 0.2) is 58.0 Å². The summed E-state index contributed by atoms with van der Waals surface area (Å²) in [5, 5.41) is 6.63. The van der Waals surface area contributed by atoms with Crippen LogP contribution in [0.5, 0.6) is 0 Å². The van der Waals surface area contributed by atoms with E-state index in [0.717, 1.165) is 42.1 Å². The highest BCUT2D eigenvalue weighted by atomic mass is 127. The highest BCUT2D eigenvalue weighted by Crippen LogP contribution is 2.25. The summed E-state index contributed by atoms with van der Waals surface area (Å²) in [4.78, 5) is 6.67. The first-order valence-corrected chi connectivity index (χ1v) is 9.63. The van der Waals surface area contributed by atoms with Crippen LogP contribution < -0.4 is 15.5 Å². The predicted molar refractivity (Wildman–Crippen MR) is 124 cm³/mol. The number of anilines is 1.